The molecule has 24 heavy (non-hydrogen) atoms. The highest BCUT2D eigenvalue weighted by Crippen LogP contribution is 2.34. The fraction of sp³-hybridized carbons (Fsp3) is 0.0588. The summed E-state index contributed by atoms with van der Waals surface area (Å²) in [4.78, 5) is 12.1. The Bertz CT molecular complexity index is 837. The Morgan fingerprint density at radius 2 is 1.92 bits per heavy atom. The van der Waals surface area contributed by atoms with E-state index in [2.05, 4.69) is 5.32 Å². The van der Waals surface area contributed by atoms with Gasteiger partial charge in [-0.1, -0.05) is 35.3 Å². The lowest BCUT2D eigenvalue weighted by molar-refractivity contribution is -0.112. The van der Waals surface area contributed by atoms with Gasteiger partial charge in [0.15, 0.2) is 5.75 Å². The molecule has 0 saturated carbocycles. The first-order chi connectivity index (χ1) is 11.5. The summed E-state index contributed by atoms with van der Waals surface area (Å²) in [6, 6.07) is 10.4. The summed E-state index contributed by atoms with van der Waals surface area (Å²) in [5.74, 6) is -1.05. The van der Waals surface area contributed by atoms with Crippen molar-refractivity contribution in [2.45, 2.75) is 0 Å². The van der Waals surface area contributed by atoms with Gasteiger partial charge in [0.05, 0.1) is 22.8 Å². The van der Waals surface area contributed by atoms with Crippen molar-refractivity contribution >= 4 is 40.9 Å². The molecule has 0 aliphatic heterocycles. The van der Waals surface area contributed by atoms with Crippen molar-refractivity contribution in [1.82, 2.24) is 0 Å². The number of rotatable bonds is 4. The summed E-state index contributed by atoms with van der Waals surface area (Å²) < 4.78 is 18.6. The molecule has 2 aromatic rings. The molecule has 0 aromatic heterocycles. The highest BCUT2D eigenvalue weighted by Gasteiger charge is 2.13. The Labute approximate surface area is 148 Å². The van der Waals surface area contributed by atoms with Crippen LogP contribution in [0.5, 0.6) is 5.75 Å². The van der Waals surface area contributed by atoms with E-state index in [9.17, 15) is 14.4 Å². The second kappa shape index (κ2) is 7.82. The minimum Gasteiger partial charge on any atom is -0.494 e. The van der Waals surface area contributed by atoms with Crippen LogP contribution in [0, 0.1) is 17.1 Å². The Morgan fingerprint density at radius 3 is 2.46 bits per heavy atom. The smallest absolute Gasteiger partial charge is 0.266 e. The van der Waals surface area contributed by atoms with Crippen LogP contribution in [-0.2, 0) is 4.79 Å². The third kappa shape index (κ3) is 4.05. The first-order valence-corrected chi connectivity index (χ1v) is 7.42. The second-order valence-corrected chi connectivity index (χ2v) is 5.44. The van der Waals surface area contributed by atoms with Crippen LogP contribution < -0.4 is 10.1 Å². The summed E-state index contributed by atoms with van der Waals surface area (Å²) >= 11 is 12.0. The van der Waals surface area contributed by atoms with Gasteiger partial charge in [0.1, 0.15) is 17.5 Å². The molecular weight excluding hydrogens is 354 g/mol. The van der Waals surface area contributed by atoms with Crippen molar-refractivity contribution in [2.24, 2.45) is 0 Å². The molecule has 1 N–H and O–H groups in total. The fourth-order valence-corrected chi connectivity index (χ4v) is 2.58. The molecule has 0 spiro atoms. The van der Waals surface area contributed by atoms with Crippen molar-refractivity contribution in [1.29, 1.82) is 5.26 Å². The van der Waals surface area contributed by atoms with Gasteiger partial charge in [-0.2, -0.15) is 5.26 Å². The van der Waals surface area contributed by atoms with Gasteiger partial charge < -0.3 is 10.1 Å². The number of carbonyl (C=O) groups excluding carboxylic acids is 1. The second-order valence-electron chi connectivity index (χ2n) is 4.62. The molecule has 122 valence electrons. The first kappa shape index (κ1) is 17.8. The lowest BCUT2D eigenvalue weighted by Gasteiger charge is -2.08. The molecule has 0 unspecified atom stereocenters. The molecule has 0 saturated heterocycles. The van der Waals surface area contributed by atoms with Crippen LogP contribution in [0.15, 0.2) is 42.0 Å². The maximum atomic E-state index is 13.6. The molecule has 1 amide bonds. The largest absolute Gasteiger partial charge is 0.494 e. The van der Waals surface area contributed by atoms with E-state index >= 15 is 0 Å². The van der Waals surface area contributed by atoms with Crippen molar-refractivity contribution in [3.63, 3.8) is 0 Å². The number of nitrogens with zero attached hydrogens (tertiary/aromatic N) is 1. The van der Waals surface area contributed by atoms with Crippen molar-refractivity contribution < 1.29 is 13.9 Å². The predicted molar refractivity (Wildman–Crippen MR) is 91.6 cm³/mol. The molecule has 0 fully saturated rings. The predicted octanol–water partition coefficient (Wildman–Crippen LogP) is 4.69. The minimum atomic E-state index is -0.745. The Balaban J connectivity index is 2.31. The van der Waals surface area contributed by atoms with Crippen LogP contribution in [0.3, 0.4) is 0 Å². The zero-order chi connectivity index (χ0) is 17.7. The number of hydrogen-bond donors (Lipinski definition) is 1. The van der Waals surface area contributed by atoms with Crippen molar-refractivity contribution in [2.75, 3.05) is 12.4 Å². The van der Waals surface area contributed by atoms with Gasteiger partial charge in [0.2, 0.25) is 0 Å². The van der Waals surface area contributed by atoms with Gasteiger partial charge in [-0.25, -0.2) is 4.39 Å². The summed E-state index contributed by atoms with van der Waals surface area (Å²) in [7, 11) is 1.42. The summed E-state index contributed by atoms with van der Waals surface area (Å²) in [5, 5.41) is 12.0. The van der Waals surface area contributed by atoms with Crippen LogP contribution in [0.4, 0.5) is 10.1 Å². The van der Waals surface area contributed by atoms with E-state index < -0.39 is 11.7 Å². The Morgan fingerprint density at radius 1 is 1.29 bits per heavy atom. The van der Waals surface area contributed by atoms with Gasteiger partial charge >= 0.3 is 0 Å². The highest BCUT2D eigenvalue weighted by atomic mass is 35.5. The number of nitrogens with one attached hydrogen (secondary N) is 1. The van der Waals surface area contributed by atoms with Gasteiger partial charge in [0, 0.05) is 0 Å². The lowest BCUT2D eigenvalue weighted by Crippen LogP contribution is -2.14. The third-order valence-electron chi connectivity index (χ3n) is 3.02. The van der Waals surface area contributed by atoms with Crippen molar-refractivity contribution in [3.05, 3.63) is 63.4 Å². The fourth-order valence-electron chi connectivity index (χ4n) is 1.93. The molecule has 0 atom stereocenters. The van der Waals surface area contributed by atoms with E-state index in [4.69, 9.17) is 27.9 Å². The SMILES string of the molecule is COc1c(Cl)cc(/C=C(/C#N)C(=O)Nc2ccccc2F)cc1Cl. The van der Waals surface area contributed by atoms with Crippen LogP contribution in [-0.4, -0.2) is 13.0 Å². The summed E-state index contributed by atoms with van der Waals surface area (Å²) in [6.07, 6.45) is 1.30. The number of amides is 1. The summed E-state index contributed by atoms with van der Waals surface area (Å²) in [5.41, 5.74) is 0.191. The Kier molecular flexibility index (Phi) is 5.80. The number of halogens is 3. The number of para-hydroxylation sites is 1. The molecule has 4 nitrogen and oxygen atoms in total. The number of anilines is 1. The standard InChI is InChI=1S/C17H11Cl2FN2O2/c1-24-16-12(18)7-10(8-13(16)19)6-11(9-21)17(23)22-15-5-3-2-4-14(15)20/h2-8H,1H3,(H,22,23)/b11-6-. The maximum Gasteiger partial charge on any atom is 0.266 e. The Hall–Kier alpha value is -2.55. The molecule has 0 bridgehead atoms. The van der Waals surface area contributed by atoms with Crippen molar-refractivity contribution in [3.8, 4) is 11.8 Å². The highest BCUT2D eigenvalue weighted by molar-refractivity contribution is 6.37. The minimum absolute atomic E-state index is 0.0190. The van der Waals surface area contributed by atoms with Gasteiger partial charge in [0.25, 0.3) is 5.91 Å². The molecule has 0 aliphatic carbocycles. The lowest BCUT2D eigenvalue weighted by atomic mass is 10.1. The van der Waals surface area contributed by atoms with Gasteiger partial charge in [-0.05, 0) is 35.9 Å². The van der Waals surface area contributed by atoms with E-state index in [0.717, 1.165) is 0 Å². The van der Waals surface area contributed by atoms with Crippen LogP contribution in [0.2, 0.25) is 10.0 Å². The van der Waals surface area contributed by atoms with Gasteiger partial charge in [-0.3, -0.25) is 4.79 Å². The van der Waals surface area contributed by atoms with E-state index in [1.807, 2.05) is 0 Å². The molecule has 0 radical (unpaired) electrons. The van der Waals surface area contributed by atoms with E-state index in [-0.39, 0.29) is 21.3 Å². The summed E-state index contributed by atoms with van der Waals surface area (Å²) in [6.45, 7) is 0. The number of ether oxygens (including phenoxy) is 1. The zero-order valence-corrected chi connectivity index (χ0v) is 14.0. The van der Waals surface area contributed by atoms with Gasteiger partial charge in [-0.15, -0.1) is 0 Å². The number of methoxy groups -OCH3 is 1. The molecule has 0 heterocycles. The third-order valence-corrected chi connectivity index (χ3v) is 3.58. The molecule has 7 heteroatoms. The van der Waals surface area contributed by atoms with Crippen LogP contribution in [0.25, 0.3) is 6.08 Å². The average Bonchev–Trinajstić information content (AvgIpc) is 2.54. The zero-order valence-electron chi connectivity index (χ0n) is 12.4. The maximum absolute atomic E-state index is 13.6. The van der Waals surface area contributed by atoms with E-state index in [1.54, 1.807) is 12.1 Å². The quantitative estimate of drug-likeness (QED) is 0.632. The number of benzene rings is 2. The average molecular weight is 365 g/mol. The van der Waals surface area contributed by atoms with E-state index in [1.165, 1.54) is 43.5 Å². The number of hydrogen-bond acceptors (Lipinski definition) is 3. The molecule has 2 rings (SSSR count). The first-order valence-electron chi connectivity index (χ1n) is 6.67. The number of carbonyl (C=O) groups is 1. The molecule has 0 aliphatic rings. The molecular formula is C17H11Cl2FN2O2. The molecule has 2 aromatic carbocycles. The number of nitriles is 1. The monoisotopic (exact) mass is 364 g/mol. The normalized spacial score (nSPS) is 10.9. The van der Waals surface area contributed by atoms with E-state index in [0.29, 0.717) is 11.3 Å². The van der Waals surface area contributed by atoms with Crippen LogP contribution >= 0.6 is 23.2 Å². The topological polar surface area (TPSA) is 62.1 Å². The van der Waals surface area contributed by atoms with Crippen LogP contribution in [0.1, 0.15) is 5.56 Å².